The number of hydrogen-bond donors (Lipinski definition) is 0. The smallest absolute Gasteiger partial charge is 0.341 e. The van der Waals surface area contributed by atoms with Crippen LogP contribution in [0.5, 0.6) is 0 Å². The van der Waals surface area contributed by atoms with Crippen LogP contribution in [-0.2, 0) is 4.74 Å². The van der Waals surface area contributed by atoms with Crippen molar-refractivity contribution in [1.82, 2.24) is 9.78 Å². The second-order valence-corrected chi connectivity index (χ2v) is 3.72. The predicted molar refractivity (Wildman–Crippen MR) is 64.9 cm³/mol. The Bertz CT molecular complexity index is 622. The fraction of sp³-hybridized carbons (Fsp3) is 0.154. The number of carbonyl (C=O) groups is 2. The second kappa shape index (κ2) is 5.43. The van der Waals surface area contributed by atoms with E-state index in [9.17, 15) is 14.0 Å². The van der Waals surface area contributed by atoms with Gasteiger partial charge in [0.05, 0.1) is 18.4 Å². The van der Waals surface area contributed by atoms with Crippen molar-refractivity contribution in [3.63, 3.8) is 0 Å². The normalized spacial score (nSPS) is 10.2. The van der Waals surface area contributed by atoms with Crippen LogP contribution < -0.4 is 0 Å². The van der Waals surface area contributed by atoms with E-state index in [2.05, 4.69) is 5.10 Å². The van der Waals surface area contributed by atoms with E-state index in [1.807, 2.05) is 0 Å². The molecule has 1 heterocycles. The summed E-state index contributed by atoms with van der Waals surface area (Å²) in [7, 11) is 0. The fourth-order valence-corrected chi connectivity index (χ4v) is 1.56. The average molecular weight is 262 g/mol. The third-order valence-electron chi connectivity index (χ3n) is 2.45. The molecule has 0 saturated carbocycles. The number of benzene rings is 1. The van der Waals surface area contributed by atoms with Gasteiger partial charge in [0.15, 0.2) is 0 Å². The molecule has 0 unspecified atom stereocenters. The lowest BCUT2D eigenvalue weighted by molar-refractivity contribution is 0.0526. The summed E-state index contributed by atoms with van der Waals surface area (Å²) in [5.74, 6) is -1.11. The number of carbonyl (C=O) groups excluding carboxylic acids is 2. The number of aldehydes is 1. The van der Waals surface area contributed by atoms with Gasteiger partial charge >= 0.3 is 5.97 Å². The van der Waals surface area contributed by atoms with Crippen LogP contribution in [0.15, 0.2) is 30.6 Å². The minimum absolute atomic E-state index is 0.154. The minimum atomic E-state index is -0.594. The molecule has 1 aromatic carbocycles. The molecule has 2 aromatic rings. The quantitative estimate of drug-likeness (QED) is 0.624. The monoisotopic (exact) mass is 262 g/mol. The number of esters is 1. The van der Waals surface area contributed by atoms with Gasteiger partial charge < -0.3 is 4.74 Å². The lowest BCUT2D eigenvalue weighted by Crippen LogP contribution is -2.03. The highest BCUT2D eigenvalue weighted by Gasteiger charge is 2.12. The highest BCUT2D eigenvalue weighted by atomic mass is 19.1. The molecule has 2 rings (SSSR count). The van der Waals surface area contributed by atoms with E-state index in [1.54, 1.807) is 6.92 Å². The highest BCUT2D eigenvalue weighted by molar-refractivity contribution is 5.88. The van der Waals surface area contributed by atoms with Crippen LogP contribution in [0.25, 0.3) is 5.69 Å². The van der Waals surface area contributed by atoms with Crippen molar-refractivity contribution in [2.24, 2.45) is 0 Å². The van der Waals surface area contributed by atoms with E-state index < -0.39 is 11.8 Å². The SMILES string of the molecule is CCOC(=O)c1cnn(-c2ccc(C=O)cc2F)c1. The Labute approximate surface area is 108 Å². The molecule has 0 fully saturated rings. The Hall–Kier alpha value is -2.50. The Balaban J connectivity index is 2.32. The zero-order valence-electron chi connectivity index (χ0n) is 10.2. The molecular weight excluding hydrogens is 251 g/mol. The number of rotatable bonds is 4. The Morgan fingerprint density at radius 3 is 2.95 bits per heavy atom. The lowest BCUT2D eigenvalue weighted by Gasteiger charge is -2.03. The van der Waals surface area contributed by atoms with E-state index in [1.165, 1.54) is 29.2 Å². The first-order chi connectivity index (χ1) is 9.15. The van der Waals surface area contributed by atoms with Crippen molar-refractivity contribution in [3.05, 3.63) is 47.5 Å². The zero-order chi connectivity index (χ0) is 13.8. The maximum absolute atomic E-state index is 13.7. The standard InChI is InChI=1S/C13H11FN2O3/c1-2-19-13(18)10-6-15-16(7-10)12-4-3-9(8-17)5-11(12)14/h3-8H,2H2,1H3. The number of aromatic nitrogens is 2. The van der Waals surface area contributed by atoms with Crippen LogP contribution in [-0.4, -0.2) is 28.6 Å². The Kier molecular flexibility index (Phi) is 3.70. The van der Waals surface area contributed by atoms with Crippen LogP contribution in [0.4, 0.5) is 4.39 Å². The van der Waals surface area contributed by atoms with E-state index in [0.29, 0.717) is 6.29 Å². The van der Waals surface area contributed by atoms with Crippen molar-refractivity contribution in [1.29, 1.82) is 0 Å². The highest BCUT2D eigenvalue weighted by Crippen LogP contribution is 2.15. The largest absolute Gasteiger partial charge is 0.462 e. The first-order valence-electron chi connectivity index (χ1n) is 5.62. The summed E-state index contributed by atoms with van der Waals surface area (Å²) in [6.07, 6.45) is 3.22. The Morgan fingerprint density at radius 2 is 2.32 bits per heavy atom. The molecule has 1 aromatic heterocycles. The van der Waals surface area contributed by atoms with Crippen molar-refractivity contribution >= 4 is 12.3 Å². The molecule has 0 amide bonds. The van der Waals surface area contributed by atoms with Crippen molar-refractivity contribution in [2.75, 3.05) is 6.61 Å². The third kappa shape index (κ3) is 2.67. The first kappa shape index (κ1) is 12.9. The predicted octanol–water partition coefficient (Wildman–Crippen LogP) is 2.00. The third-order valence-corrected chi connectivity index (χ3v) is 2.45. The summed E-state index contributed by atoms with van der Waals surface area (Å²) in [6.45, 7) is 1.95. The summed E-state index contributed by atoms with van der Waals surface area (Å²) in [4.78, 5) is 22.0. The number of nitrogens with zero attached hydrogens (tertiary/aromatic N) is 2. The molecule has 19 heavy (non-hydrogen) atoms. The van der Waals surface area contributed by atoms with Gasteiger partial charge in [-0.1, -0.05) is 0 Å². The number of ether oxygens (including phenoxy) is 1. The average Bonchev–Trinajstić information content (AvgIpc) is 2.88. The second-order valence-electron chi connectivity index (χ2n) is 3.72. The van der Waals surface area contributed by atoms with Crippen LogP contribution in [0.3, 0.4) is 0 Å². The van der Waals surface area contributed by atoms with Crippen LogP contribution in [0.2, 0.25) is 0 Å². The van der Waals surface area contributed by atoms with Crippen molar-refractivity contribution in [3.8, 4) is 5.69 Å². The molecule has 98 valence electrons. The molecule has 0 spiro atoms. The number of halogens is 1. The van der Waals surface area contributed by atoms with Gasteiger partial charge in [-0.3, -0.25) is 4.79 Å². The van der Waals surface area contributed by atoms with E-state index in [4.69, 9.17) is 4.74 Å². The summed E-state index contributed by atoms with van der Waals surface area (Å²) in [5.41, 5.74) is 0.626. The molecule has 0 aliphatic rings. The molecular formula is C13H11FN2O3. The molecule has 0 bridgehead atoms. The van der Waals surface area contributed by atoms with Crippen LogP contribution in [0, 0.1) is 5.82 Å². The first-order valence-corrected chi connectivity index (χ1v) is 5.62. The minimum Gasteiger partial charge on any atom is -0.462 e. The van der Waals surface area contributed by atoms with Crippen LogP contribution >= 0.6 is 0 Å². The Morgan fingerprint density at radius 1 is 1.53 bits per heavy atom. The van der Waals surface area contributed by atoms with Gasteiger partial charge in [0.1, 0.15) is 17.8 Å². The maximum atomic E-state index is 13.7. The topological polar surface area (TPSA) is 61.2 Å². The van der Waals surface area contributed by atoms with Gasteiger partial charge in [0.2, 0.25) is 0 Å². The van der Waals surface area contributed by atoms with Gasteiger partial charge in [-0.05, 0) is 25.1 Å². The van der Waals surface area contributed by atoms with Gasteiger partial charge in [0.25, 0.3) is 0 Å². The van der Waals surface area contributed by atoms with Crippen molar-refractivity contribution < 1.29 is 18.7 Å². The van der Waals surface area contributed by atoms with Crippen LogP contribution in [0.1, 0.15) is 27.6 Å². The molecule has 0 aliphatic carbocycles. The fourth-order valence-electron chi connectivity index (χ4n) is 1.56. The summed E-state index contributed by atoms with van der Waals surface area (Å²) in [5, 5.41) is 3.89. The molecule has 0 radical (unpaired) electrons. The van der Waals surface area contributed by atoms with Gasteiger partial charge in [-0.2, -0.15) is 5.10 Å². The zero-order valence-corrected chi connectivity index (χ0v) is 10.2. The van der Waals surface area contributed by atoms with Gasteiger partial charge in [-0.25, -0.2) is 13.9 Å². The van der Waals surface area contributed by atoms with Gasteiger partial charge in [0, 0.05) is 11.8 Å². The molecule has 0 saturated heterocycles. The maximum Gasteiger partial charge on any atom is 0.341 e. The van der Waals surface area contributed by atoms with E-state index >= 15 is 0 Å². The number of hydrogen-bond acceptors (Lipinski definition) is 4. The summed E-state index contributed by atoms with van der Waals surface area (Å²) in [6, 6.07) is 3.99. The molecule has 0 atom stereocenters. The molecule has 0 aliphatic heterocycles. The summed E-state index contributed by atoms with van der Waals surface area (Å²) < 4.78 is 19.8. The lowest BCUT2D eigenvalue weighted by atomic mass is 10.2. The molecule has 5 nitrogen and oxygen atoms in total. The molecule has 6 heteroatoms. The summed E-state index contributed by atoms with van der Waals surface area (Å²) >= 11 is 0. The van der Waals surface area contributed by atoms with Gasteiger partial charge in [-0.15, -0.1) is 0 Å². The van der Waals surface area contributed by atoms with Crippen molar-refractivity contribution in [2.45, 2.75) is 6.92 Å². The van der Waals surface area contributed by atoms with E-state index in [0.717, 1.165) is 6.07 Å². The molecule has 0 N–H and O–H groups in total. The van der Waals surface area contributed by atoms with E-state index in [-0.39, 0.29) is 23.4 Å².